The van der Waals surface area contributed by atoms with Gasteiger partial charge in [0.2, 0.25) is 0 Å². The topological polar surface area (TPSA) is 82.6 Å². The number of rotatable bonds is 5. The fourth-order valence-electron chi connectivity index (χ4n) is 3.74. The van der Waals surface area contributed by atoms with Crippen molar-refractivity contribution in [3.05, 3.63) is 85.2 Å². The number of pyridine rings is 2. The third kappa shape index (κ3) is 3.39. The summed E-state index contributed by atoms with van der Waals surface area (Å²) in [6.07, 6.45) is 8.66. The highest BCUT2D eigenvalue weighted by atomic mass is 19.1. The van der Waals surface area contributed by atoms with Crippen LogP contribution in [0.1, 0.15) is 12.6 Å². The SMILES string of the molecule is C=CN=C/C(=C\C)c1cc2c(-c3cc4c(-c5ccc(F)cc5)ccnc4[nH]3)n[nH]c2cn1. The summed E-state index contributed by atoms with van der Waals surface area (Å²) in [7, 11) is 0. The molecule has 0 unspecified atom stereocenters. The van der Waals surface area contributed by atoms with Crippen LogP contribution in [0, 0.1) is 5.82 Å². The molecule has 0 aliphatic heterocycles. The Morgan fingerprint density at radius 1 is 1.09 bits per heavy atom. The van der Waals surface area contributed by atoms with Crippen LogP contribution in [0.5, 0.6) is 0 Å². The van der Waals surface area contributed by atoms with Gasteiger partial charge in [0.15, 0.2) is 0 Å². The van der Waals surface area contributed by atoms with E-state index < -0.39 is 0 Å². The number of benzene rings is 1. The van der Waals surface area contributed by atoms with E-state index in [9.17, 15) is 4.39 Å². The first-order valence-electron chi connectivity index (χ1n) is 10.1. The lowest BCUT2D eigenvalue weighted by Gasteiger charge is -2.02. The third-order valence-electron chi connectivity index (χ3n) is 5.32. The standard InChI is InChI=1S/C25H19FN6/c1-3-15(13-27-4-2)21-12-20-23(14-29-21)31-32-24(20)22-11-19-18(9-10-28-25(19)30-22)16-5-7-17(26)8-6-16/h3-14H,2H2,1H3,(H,28,30)(H,31,32)/b15-3+,27-13?. The van der Waals surface area contributed by atoms with Crippen LogP contribution >= 0.6 is 0 Å². The molecule has 0 amide bonds. The lowest BCUT2D eigenvalue weighted by molar-refractivity contribution is 0.628. The van der Waals surface area contributed by atoms with Gasteiger partial charge in [-0.3, -0.25) is 15.1 Å². The maximum absolute atomic E-state index is 13.4. The molecule has 5 aromatic rings. The number of aromatic amines is 2. The van der Waals surface area contributed by atoms with E-state index in [2.05, 4.69) is 36.7 Å². The molecule has 0 bridgehead atoms. The maximum atomic E-state index is 13.4. The summed E-state index contributed by atoms with van der Waals surface area (Å²) >= 11 is 0. The van der Waals surface area contributed by atoms with Crippen molar-refractivity contribution in [3.8, 4) is 22.5 Å². The van der Waals surface area contributed by atoms with Crippen LogP contribution < -0.4 is 0 Å². The number of fused-ring (bicyclic) bond motifs is 2. The van der Waals surface area contributed by atoms with Gasteiger partial charge in [-0.15, -0.1) is 0 Å². The summed E-state index contributed by atoms with van der Waals surface area (Å²) in [5.74, 6) is -0.264. The van der Waals surface area contributed by atoms with Gasteiger partial charge in [-0.25, -0.2) is 9.37 Å². The second-order valence-corrected chi connectivity index (χ2v) is 7.20. The van der Waals surface area contributed by atoms with Gasteiger partial charge >= 0.3 is 0 Å². The highest BCUT2D eigenvalue weighted by Gasteiger charge is 2.15. The Morgan fingerprint density at radius 2 is 1.94 bits per heavy atom. The van der Waals surface area contributed by atoms with Gasteiger partial charge in [-0.1, -0.05) is 24.8 Å². The molecule has 0 saturated carbocycles. The van der Waals surface area contributed by atoms with E-state index in [0.717, 1.165) is 55.7 Å². The lowest BCUT2D eigenvalue weighted by Crippen LogP contribution is -1.90. The molecular weight excluding hydrogens is 403 g/mol. The number of halogens is 1. The summed E-state index contributed by atoms with van der Waals surface area (Å²) in [6, 6.07) is 12.4. The second-order valence-electron chi connectivity index (χ2n) is 7.20. The Hall–Kier alpha value is -4.39. The first-order valence-corrected chi connectivity index (χ1v) is 10.1. The lowest BCUT2D eigenvalue weighted by atomic mass is 10.0. The van der Waals surface area contributed by atoms with Crippen molar-refractivity contribution >= 4 is 33.7 Å². The molecule has 0 spiro atoms. The fourth-order valence-corrected chi connectivity index (χ4v) is 3.74. The molecule has 0 aliphatic rings. The van der Waals surface area contributed by atoms with E-state index in [-0.39, 0.29) is 5.82 Å². The number of nitrogens with zero attached hydrogens (tertiary/aromatic N) is 4. The average Bonchev–Trinajstić information content (AvgIpc) is 3.43. The van der Waals surface area contributed by atoms with E-state index in [1.54, 1.807) is 30.7 Å². The quantitative estimate of drug-likeness (QED) is 0.345. The number of aromatic nitrogens is 5. The third-order valence-corrected chi connectivity index (χ3v) is 5.32. The zero-order valence-corrected chi connectivity index (χ0v) is 17.3. The zero-order chi connectivity index (χ0) is 22.1. The van der Waals surface area contributed by atoms with Gasteiger partial charge in [0.05, 0.1) is 23.1 Å². The first-order chi connectivity index (χ1) is 15.7. The van der Waals surface area contributed by atoms with Crippen molar-refractivity contribution in [1.82, 2.24) is 25.1 Å². The Balaban J connectivity index is 1.64. The molecule has 4 aromatic heterocycles. The van der Waals surface area contributed by atoms with Crippen LogP contribution in [-0.2, 0) is 0 Å². The molecule has 0 fully saturated rings. The number of H-pyrrole nitrogens is 2. The molecular formula is C25H19FN6. The number of hydrogen-bond donors (Lipinski definition) is 2. The molecule has 2 N–H and O–H groups in total. The van der Waals surface area contributed by atoms with Gasteiger partial charge in [-0.2, -0.15) is 5.10 Å². The predicted molar refractivity (Wildman–Crippen MR) is 127 cm³/mol. The number of allylic oxidation sites excluding steroid dienone is 2. The summed E-state index contributed by atoms with van der Waals surface area (Å²) in [6.45, 7) is 5.56. The number of hydrogen-bond acceptors (Lipinski definition) is 4. The van der Waals surface area contributed by atoms with Crippen LogP contribution in [-0.4, -0.2) is 31.4 Å². The van der Waals surface area contributed by atoms with Crippen LogP contribution in [0.25, 0.3) is 50.0 Å². The largest absolute Gasteiger partial charge is 0.338 e. The Bertz CT molecular complexity index is 1510. The van der Waals surface area contributed by atoms with Gasteiger partial charge < -0.3 is 4.98 Å². The fraction of sp³-hybridized carbons (Fsp3) is 0.0400. The van der Waals surface area contributed by atoms with Crippen LogP contribution in [0.15, 0.2) is 78.7 Å². The van der Waals surface area contributed by atoms with Crippen molar-refractivity contribution in [2.24, 2.45) is 4.99 Å². The Labute approximate surface area is 183 Å². The molecule has 5 rings (SSSR count). The number of aliphatic imine (C=N–C) groups is 1. The highest BCUT2D eigenvalue weighted by Crippen LogP contribution is 2.33. The monoisotopic (exact) mass is 422 g/mol. The molecule has 32 heavy (non-hydrogen) atoms. The van der Waals surface area contributed by atoms with E-state index in [1.165, 1.54) is 18.3 Å². The van der Waals surface area contributed by atoms with Gasteiger partial charge in [0.25, 0.3) is 0 Å². The van der Waals surface area contributed by atoms with Gasteiger partial charge in [0.1, 0.15) is 17.2 Å². The predicted octanol–water partition coefficient (Wildman–Crippen LogP) is 5.92. The molecule has 0 saturated heterocycles. The van der Waals surface area contributed by atoms with Crippen molar-refractivity contribution in [2.45, 2.75) is 6.92 Å². The van der Waals surface area contributed by atoms with E-state index in [4.69, 9.17) is 0 Å². The smallest absolute Gasteiger partial charge is 0.138 e. The Morgan fingerprint density at radius 3 is 2.72 bits per heavy atom. The van der Waals surface area contributed by atoms with Crippen molar-refractivity contribution < 1.29 is 4.39 Å². The van der Waals surface area contributed by atoms with Crippen LogP contribution in [0.2, 0.25) is 0 Å². The Kier molecular flexibility index (Phi) is 4.91. The maximum Gasteiger partial charge on any atom is 0.138 e. The first kappa shape index (κ1) is 19.6. The zero-order valence-electron chi connectivity index (χ0n) is 17.3. The summed E-state index contributed by atoms with van der Waals surface area (Å²) in [4.78, 5) is 16.5. The summed E-state index contributed by atoms with van der Waals surface area (Å²) < 4.78 is 13.4. The second kappa shape index (κ2) is 8.03. The van der Waals surface area contributed by atoms with E-state index >= 15 is 0 Å². The van der Waals surface area contributed by atoms with Crippen molar-refractivity contribution in [2.75, 3.05) is 0 Å². The van der Waals surface area contributed by atoms with Crippen molar-refractivity contribution in [3.63, 3.8) is 0 Å². The summed E-state index contributed by atoms with van der Waals surface area (Å²) in [5, 5.41) is 9.43. The van der Waals surface area contributed by atoms with E-state index in [1.807, 2.05) is 31.2 Å². The molecule has 4 heterocycles. The molecule has 7 heteroatoms. The minimum Gasteiger partial charge on any atom is -0.338 e. The average molecular weight is 422 g/mol. The molecule has 1 aromatic carbocycles. The minimum atomic E-state index is -0.264. The van der Waals surface area contributed by atoms with Crippen LogP contribution in [0.4, 0.5) is 4.39 Å². The van der Waals surface area contributed by atoms with Gasteiger partial charge in [-0.05, 0) is 48.4 Å². The highest BCUT2D eigenvalue weighted by molar-refractivity contribution is 6.10. The molecule has 0 atom stereocenters. The normalized spacial score (nSPS) is 12.2. The van der Waals surface area contributed by atoms with Gasteiger partial charge in [0, 0.05) is 35.0 Å². The molecule has 0 radical (unpaired) electrons. The number of nitrogens with one attached hydrogen (secondary N) is 2. The minimum absolute atomic E-state index is 0.264. The van der Waals surface area contributed by atoms with E-state index in [0.29, 0.717) is 0 Å². The van der Waals surface area contributed by atoms with Crippen molar-refractivity contribution in [1.29, 1.82) is 0 Å². The molecule has 0 aliphatic carbocycles. The molecule has 6 nitrogen and oxygen atoms in total. The molecule has 156 valence electrons. The summed E-state index contributed by atoms with van der Waals surface area (Å²) in [5.41, 5.74) is 6.71. The van der Waals surface area contributed by atoms with Crippen LogP contribution in [0.3, 0.4) is 0 Å².